The van der Waals surface area contributed by atoms with Crippen LogP contribution >= 0.6 is 0 Å². The van der Waals surface area contributed by atoms with E-state index in [-0.39, 0.29) is 5.57 Å². The van der Waals surface area contributed by atoms with Gasteiger partial charge in [0.1, 0.15) is 5.82 Å². The van der Waals surface area contributed by atoms with Gasteiger partial charge in [-0.2, -0.15) is 0 Å². The van der Waals surface area contributed by atoms with E-state index in [9.17, 15) is 18.0 Å². The van der Waals surface area contributed by atoms with Crippen molar-refractivity contribution in [2.75, 3.05) is 5.32 Å². The third-order valence-corrected chi connectivity index (χ3v) is 2.46. The highest BCUT2D eigenvalue weighted by molar-refractivity contribution is 6.05. The van der Waals surface area contributed by atoms with Gasteiger partial charge in [-0.1, -0.05) is 12.1 Å². The van der Waals surface area contributed by atoms with Gasteiger partial charge in [0.15, 0.2) is 0 Å². The third-order valence-electron chi connectivity index (χ3n) is 2.46. The van der Waals surface area contributed by atoms with E-state index in [4.69, 9.17) is 5.73 Å². The molecule has 1 unspecified atom stereocenters. The summed E-state index contributed by atoms with van der Waals surface area (Å²) in [6, 6.07) is 3.35. The zero-order chi connectivity index (χ0) is 16.8. The number of ether oxygens (including phenoxy) is 1. The standard InChI is InChI=1S/C14H16F3N3O2/c1-9-3-6-12(19-8-9)20-13(21)11(7-18)5-4-10(2)22-14(15,16)17/h3-8,10H,18H2,1-2H3,(H,19,20,21)/b5-4-,11-7+. The molecular formula is C14H16F3N3O2. The van der Waals surface area contributed by atoms with Crippen LogP contribution in [0.4, 0.5) is 19.0 Å². The molecule has 8 heteroatoms. The number of nitrogens with one attached hydrogen (secondary N) is 1. The van der Waals surface area contributed by atoms with Crippen molar-refractivity contribution in [1.29, 1.82) is 0 Å². The minimum atomic E-state index is -4.75. The monoisotopic (exact) mass is 315 g/mol. The van der Waals surface area contributed by atoms with Gasteiger partial charge >= 0.3 is 6.36 Å². The summed E-state index contributed by atoms with van der Waals surface area (Å²) in [5.74, 6) is -0.280. The molecule has 0 saturated carbocycles. The molecule has 5 nitrogen and oxygen atoms in total. The number of nitrogens with two attached hydrogens (primary N) is 1. The molecule has 1 aromatic rings. The maximum atomic E-state index is 12.0. The van der Waals surface area contributed by atoms with E-state index in [2.05, 4.69) is 15.0 Å². The van der Waals surface area contributed by atoms with E-state index in [1.54, 1.807) is 18.3 Å². The Morgan fingerprint density at radius 1 is 1.45 bits per heavy atom. The fourth-order valence-corrected chi connectivity index (χ4v) is 1.43. The lowest BCUT2D eigenvalue weighted by molar-refractivity contribution is -0.334. The first-order chi connectivity index (χ1) is 10.2. The van der Waals surface area contributed by atoms with E-state index in [1.807, 2.05) is 6.92 Å². The summed E-state index contributed by atoms with van der Waals surface area (Å²) in [4.78, 5) is 15.9. The lowest BCUT2D eigenvalue weighted by atomic mass is 10.2. The van der Waals surface area contributed by atoms with Gasteiger partial charge in [-0.25, -0.2) is 4.98 Å². The van der Waals surface area contributed by atoms with E-state index in [0.29, 0.717) is 5.82 Å². The van der Waals surface area contributed by atoms with Crippen LogP contribution in [-0.4, -0.2) is 23.4 Å². The number of amides is 1. The van der Waals surface area contributed by atoms with Crippen LogP contribution in [0.1, 0.15) is 12.5 Å². The molecule has 0 bridgehead atoms. The Balaban J connectivity index is 2.67. The number of aromatic nitrogens is 1. The molecule has 22 heavy (non-hydrogen) atoms. The predicted molar refractivity (Wildman–Crippen MR) is 75.6 cm³/mol. The van der Waals surface area contributed by atoms with Gasteiger partial charge in [-0.05, 0) is 31.6 Å². The number of carbonyl (C=O) groups is 1. The molecule has 0 aliphatic rings. The first-order valence-electron chi connectivity index (χ1n) is 6.30. The number of carbonyl (C=O) groups excluding carboxylic acids is 1. The SMILES string of the molecule is Cc1ccc(NC(=O)C(/C=C\C(C)OC(F)(F)F)=C/N)nc1. The molecular weight excluding hydrogens is 299 g/mol. The molecule has 1 amide bonds. The average molecular weight is 315 g/mol. The van der Waals surface area contributed by atoms with Crippen molar-refractivity contribution in [3.05, 3.63) is 47.8 Å². The summed E-state index contributed by atoms with van der Waals surface area (Å²) < 4.78 is 39.8. The lowest BCUT2D eigenvalue weighted by Crippen LogP contribution is -2.20. The quantitative estimate of drug-likeness (QED) is 0.647. The Morgan fingerprint density at radius 3 is 2.64 bits per heavy atom. The van der Waals surface area contributed by atoms with Crippen molar-refractivity contribution >= 4 is 11.7 Å². The Morgan fingerprint density at radius 2 is 2.14 bits per heavy atom. The number of halogens is 3. The van der Waals surface area contributed by atoms with Crippen molar-refractivity contribution in [2.24, 2.45) is 5.73 Å². The molecule has 0 spiro atoms. The van der Waals surface area contributed by atoms with Crippen molar-refractivity contribution in [3.63, 3.8) is 0 Å². The minimum Gasteiger partial charge on any atom is -0.404 e. The summed E-state index contributed by atoms with van der Waals surface area (Å²) in [6.07, 6.45) is -1.21. The molecule has 3 N–H and O–H groups in total. The highest BCUT2D eigenvalue weighted by Gasteiger charge is 2.31. The van der Waals surface area contributed by atoms with Crippen LogP contribution in [0.25, 0.3) is 0 Å². The van der Waals surface area contributed by atoms with Gasteiger partial charge < -0.3 is 11.1 Å². The van der Waals surface area contributed by atoms with Crippen LogP contribution in [0, 0.1) is 6.92 Å². The smallest absolute Gasteiger partial charge is 0.404 e. The molecule has 0 radical (unpaired) electrons. The van der Waals surface area contributed by atoms with Gasteiger partial charge in [0.05, 0.1) is 11.7 Å². The highest BCUT2D eigenvalue weighted by Crippen LogP contribution is 2.19. The first kappa shape index (κ1) is 17.7. The van der Waals surface area contributed by atoms with Crippen molar-refractivity contribution in [2.45, 2.75) is 26.3 Å². The zero-order valence-corrected chi connectivity index (χ0v) is 12.0. The second-order valence-electron chi connectivity index (χ2n) is 4.42. The second kappa shape index (κ2) is 7.60. The van der Waals surface area contributed by atoms with Crippen LogP contribution in [0.5, 0.6) is 0 Å². The summed E-state index contributed by atoms with van der Waals surface area (Å²) in [7, 11) is 0. The number of pyridine rings is 1. The topological polar surface area (TPSA) is 77.2 Å². The maximum absolute atomic E-state index is 12.0. The zero-order valence-electron chi connectivity index (χ0n) is 12.0. The Bertz CT molecular complexity index is 566. The third kappa shape index (κ3) is 6.40. The predicted octanol–water partition coefficient (Wildman–Crippen LogP) is 2.65. The molecule has 120 valence electrons. The van der Waals surface area contributed by atoms with E-state index in [1.165, 1.54) is 6.92 Å². The molecule has 0 saturated heterocycles. The molecule has 1 heterocycles. The Kier molecular flexibility index (Phi) is 6.11. The molecule has 0 aliphatic heterocycles. The lowest BCUT2D eigenvalue weighted by Gasteiger charge is -2.11. The van der Waals surface area contributed by atoms with Crippen LogP contribution in [-0.2, 0) is 9.53 Å². The molecule has 0 aromatic carbocycles. The van der Waals surface area contributed by atoms with Gasteiger partial charge in [0, 0.05) is 12.4 Å². The maximum Gasteiger partial charge on any atom is 0.523 e. The van der Waals surface area contributed by atoms with Crippen molar-refractivity contribution in [3.8, 4) is 0 Å². The number of rotatable bonds is 5. The molecule has 1 atom stereocenters. The Labute approximate surface area is 125 Å². The van der Waals surface area contributed by atoms with Gasteiger partial charge in [-0.3, -0.25) is 9.53 Å². The van der Waals surface area contributed by atoms with E-state index >= 15 is 0 Å². The summed E-state index contributed by atoms with van der Waals surface area (Å²) in [6.45, 7) is 3.03. The minimum absolute atomic E-state index is 0.0139. The van der Waals surface area contributed by atoms with E-state index < -0.39 is 18.4 Å². The average Bonchev–Trinajstić information content (AvgIpc) is 2.40. The molecule has 1 rings (SSSR count). The highest BCUT2D eigenvalue weighted by atomic mass is 19.4. The van der Waals surface area contributed by atoms with Crippen molar-refractivity contribution < 1.29 is 22.7 Å². The van der Waals surface area contributed by atoms with Crippen LogP contribution in [0.15, 0.2) is 42.3 Å². The normalized spacial score (nSPS) is 14.1. The van der Waals surface area contributed by atoms with Gasteiger partial charge in [0.25, 0.3) is 5.91 Å². The van der Waals surface area contributed by atoms with Crippen LogP contribution in [0.3, 0.4) is 0 Å². The van der Waals surface area contributed by atoms with E-state index in [0.717, 1.165) is 23.9 Å². The number of anilines is 1. The largest absolute Gasteiger partial charge is 0.523 e. The summed E-state index contributed by atoms with van der Waals surface area (Å²) >= 11 is 0. The second-order valence-corrected chi connectivity index (χ2v) is 4.42. The van der Waals surface area contributed by atoms with Crippen LogP contribution < -0.4 is 11.1 Å². The molecule has 0 fully saturated rings. The number of alkyl halides is 3. The first-order valence-corrected chi connectivity index (χ1v) is 6.30. The Hall–Kier alpha value is -2.35. The number of aryl methyl sites for hydroxylation is 1. The number of hydrogen-bond donors (Lipinski definition) is 2. The number of nitrogens with zero attached hydrogens (tertiary/aromatic N) is 1. The van der Waals surface area contributed by atoms with Crippen molar-refractivity contribution in [1.82, 2.24) is 4.98 Å². The summed E-state index contributed by atoms with van der Waals surface area (Å²) in [5, 5.41) is 2.48. The summed E-state index contributed by atoms with van der Waals surface area (Å²) in [5.41, 5.74) is 6.22. The van der Waals surface area contributed by atoms with Crippen LogP contribution in [0.2, 0.25) is 0 Å². The molecule has 1 aromatic heterocycles. The van der Waals surface area contributed by atoms with Gasteiger partial charge in [-0.15, -0.1) is 13.2 Å². The fraction of sp³-hybridized carbons (Fsp3) is 0.286. The number of hydrogen-bond acceptors (Lipinski definition) is 4. The van der Waals surface area contributed by atoms with Gasteiger partial charge in [0.2, 0.25) is 0 Å². The fourth-order valence-electron chi connectivity index (χ4n) is 1.43. The molecule has 0 aliphatic carbocycles.